The monoisotopic (exact) mass is 683 g/mol. The molecule has 14 atom stereocenters. The highest BCUT2D eigenvalue weighted by Crippen LogP contribution is 2.72. The standard InChI is InChI=1S/C50H82/c1-5-18-34(19-6-1)45-40-27-15-16-28-41(40)46(35-20-7-2-8-21-35)50-48(37-24-11-4-12-25-37)44-32-42-38(30-29-33-17-13-14-26-39(33)42)31-43(44)47(49(45)50)36-22-9-3-10-23-36/h33-50H,1-32H2. The van der Waals surface area contributed by atoms with E-state index in [4.69, 9.17) is 0 Å². The highest BCUT2D eigenvalue weighted by molar-refractivity contribution is 5.14. The predicted molar refractivity (Wildman–Crippen MR) is 211 cm³/mol. The predicted octanol–water partition coefficient (Wildman–Crippen LogP) is 14.7. The van der Waals surface area contributed by atoms with Crippen LogP contribution in [0.15, 0.2) is 0 Å². The first-order valence-corrected chi connectivity index (χ1v) is 24.8. The van der Waals surface area contributed by atoms with E-state index in [0.717, 1.165) is 107 Å². The molecule has 282 valence electrons. The van der Waals surface area contributed by atoms with E-state index in [-0.39, 0.29) is 0 Å². The molecule has 10 fully saturated rings. The Morgan fingerprint density at radius 1 is 0.160 bits per heavy atom. The summed E-state index contributed by atoms with van der Waals surface area (Å²) in [5.74, 6) is 20.3. The van der Waals surface area contributed by atoms with Gasteiger partial charge in [0.25, 0.3) is 0 Å². The Kier molecular flexibility index (Phi) is 10.5. The van der Waals surface area contributed by atoms with Gasteiger partial charge in [-0.3, -0.25) is 0 Å². The van der Waals surface area contributed by atoms with Crippen LogP contribution in [0.5, 0.6) is 0 Å². The second-order valence-corrected chi connectivity index (χ2v) is 22.2. The van der Waals surface area contributed by atoms with Crippen molar-refractivity contribution in [2.75, 3.05) is 0 Å². The largest absolute Gasteiger partial charge is 0.0533 e. The molecule has 0 bridgehead atoms. The lowest BCUT2D eigenvalue weighted by molar-refractivity contribution is -0.221. The first kappa shape index (κ1) is 34.5. The fraction of sp³-hybridized carbons (Fsp3) is 1.00. The third kappa shape index (κ3) is 6.18. The van der Waals surface area contributed by atoms with Gasteiger partial charge in [-0.2, -0.15) is 0 Å². The van der Waals surface area contributed by atoms with Crippen LogP contribution in [0.25, 0.3) is 0 Å². The Morgan fingerprint density at radius 3 is 0.940 bits per heavy atom. The van der Waals surface area contributed by atoms with Crippen molar-refractivity contribution in [3.05, 3.63) is 0 Å². The van der Waals surface area contributed by atoms with Crippen molar-refractivity contribution in [3.63, 3.8) is 0 Å². The van der Waals surface area contributed by atoms with E-state index in [1.165, 1.54) is 0 Å². The molecular formula is C50H82. The molecule has 0 heterocycles. The first-order valence-electron chi connectivity index (χ1n) is 24.8. The molecule has 0 radical (unpaired) electrons. The molecule has 50 heavy (non-hydrogen) atoms. The third-order valence-corrected chi connectivity index (χ3v) is 20.6. The summed E-state index contributed by atoms with van der Waals surface area (Å²) in [5, 5.41) is 0. The summed E-state index contributed by atoms with van der Waals surface area (Å²) in [6.07, 6.45) is 51.7. The van der Waals surface area contributed by atoms with Crippen LogP contribution in [0.3, 0.4) is 0 Å². The van der Waals surface area contributed by atoms with Crippen molar-refractivity contribution in [1.82, 2.24) is 0 Å². The second-order valence-electron chi connectivity index (χ2n) is 22.2. The van der Waals surface area contributed by atoms with E-state index in [0.29, 0.717) is 0 Å². The molecular weight excluding hydrogens is 601 g/mol. The van der Waals surface area contributed by atoms with Crippen molar-refractivity contribution in [2.45, 2.75) is 205 Å². The molecule has 14 unspecified atom stereocenters. The summed E-state index contributed by atoms with van der Waals surface area (Å²) >= 11 is 0. The van der Waals surface area contributed by atoms with E-state index >= 15 is 0 Å². The van der Waals surface area contributed by atoms with Gasteiger partial charge in [-0.25, -0.2) is 0 Å². The molecule has 0 aromatic heterocycles. The number of rotatable bonds is 4. The molecule has 0 amide bonds. The van der Waals surface area contributed by atoms with Gasteiger partial charge in [0.2, 0.25) is 0 Å². The SMILES string of the molecule is C1CCC(C2C3CCCCC3C(C3CCCCC3)C3C(C4CCCCC4)C4CC5C(CCC6CCCCC65)CC4C(C4CCCCC4)C23)CC1. The van der Waals surface area contributed by atoms with E-state index in [1.807, 2.05) is 0 Å². The zero-order chi connectivity index (χ0) is 33.0. The smallest absolute Gasteiger partial charge is 0.0313 e. The summed E-state index contributed by atoms with van der Waals surface area (Å²) in [6.45, 7) is 0. The van der Waals surface area contributed by atoms with Crippen molar-refractivity contribution >= 4 is 0 Å². The maximum absolute atomic E-state index is 1.74. The molecule has 10 rings (SSSR count). The Balaban J connectivity index is 1.13. The number of hydrogen-bond acceptors (Lipinski definition) is 0. The maximum Gasteiger partial charge on any atom is -0.0313 e. The molecule has 10 aliphatic rings. The average Bonchev–Trinajstić information content (AvgIpc) is 3.19. The fourth-order valence-electron chi connectivity index (χ4n) is 19.3. The summed E-state index contributed by atoms with van der Waals surface area (Å²) < 4.78 is 0. The van der Waals surface area contributed by atoms with Crippen molar-refractivity contribution in [3.8, 4) is 0 Å². The van der Waals surface area contributed by atoms with Crippen LogP contribution < -0.4 is 0 Å². The molecule has 0 spiro atoms. The minimum Gasteiger partial charge on any atom is -0.0533 e. The van der Waals surface area contributed by atoms with Crippen LogP contribution >= 0.6 is 0 Å². The lowest BCUT2D eigenvalue weighted by atomic mass is 9.35. The average molecular weight is 683 g/mol. The van der Waals surface area contributed by atoms with Gasteiger partial charge in [-0.1, -0.05) is 161 Å². The Labute approximate surface area is 311 Å². The lowest BCUT2D eigenvalue weighted by Gasteiger charge is -2.70. The summed E-state index contributed by atoms with van der Waals surface area (Å²) in [5.41, 5.74) is 0. The zero-order valence-corrected chi connectivity index (χ0v) is 33.0. The maximum atomic E-state index is 1.74. The van der Waals surface area contributed by atoms with E-state index in [2.05, 4.69) is 0 Å². The highest BCUT2D eigenvalue weighted by Gasteiger charge is 2.66. The number of fused-ring (bicyclic) bond motifs is 6. The summed E-state index contributed by atoms with van der Waals surface area (Å²) in [7, 11) is 0. The summed E-state index contributed by atoms with van der Waals surface area (Å²) in [4.78, 5) is 0. The third-order valence-electron chi connectivity index (χ3n) is 20.6. The molecule has 0 nitrogen and oxygen atoms in total. The van der Waals surface area contributed by atoms with Gasteiger partial charge < -0.3 is 0 Å². The van der Waals surface area contributed by atoms with Gasteiger partial charge in [-0.15, -0.1) is 0 Å². The van der Waals surface area contributed by atoms with Gasteiger partial charge in [0, 0.05) is 0 Å². The Hall–Kier alpha value is 0. The topological polar surface area (TPSA) is 0 Å². The van der Waals surface area contributed by atoms with Gasteiger partial charge in [0.1, 0.15) is 0 Å². The molecule has 0 aromatic carbocycles. The molecule has 10 aliphatic carbocycles. The van der Waals surface area contributed by atoms with Crippen LogP contribution in [0.1, 0.15) is 205 Å². The van der Waals surface area contributed by atoms with Gasteiger partial charge in [-0.05, 0) is 151 Å². The Morgan fingerprint density at radius 2 is 0.480 bits per heavy atom. The molecule has 0 N–H and O–H groups in total. The first-order chi connectivity index (χ1) is 24.8. The zero-order valence-electron chi connectivity index (χ0n) is 33.0. The molecule has 0 heteroatoms. The van der Waals surface area contributed by atoms with Crippen LogP contribution in [0, 0.1) is 107 Å². The fourth-order valence-corrected chi connectivity index (χ4v) is 19.3. The molecule has 0 aromatic rings. The van der Waals surface area contributed by atoms with Gasteiger partial charge >= 0.3 is 0 Å². The van der Waals surface area contributed by atoms with Crippen molar-refractivity contribution in [1.29, 1.82) is 0 Å². The normalized spacial score (nSPS) is 49.9. The van der Waals surface area contributed by atoms with Crippen LogP contribution in [-0.4, -0.2) is 0 Å². The van der Waals surface area contributed by atoms with Crippen molar-refractivity contribution < 1.29 is 0 Å². The van der Waals surface area contributed by atoms with Crippen LogP contribution in [0.4, 0.5) is 0 Å². The van der Waals surface area contributed by atoms with Crippen LogP contribution in [-0.2, 0) is 0 Å². The quantitative estimate of drug-likeness (QED) is 0.277. The van der Waals surface area contributed by atoms with E-state index in [1.54, 1.807) is 205 Å². The highest BCUT2D eigenvalue weighted by atomic mass is 14.7. The van der Waals surface area contributed by atoms with Gasteiger partial charge in [0.15, 0.2) is 0 Å². The minimum absolute atomic E-state index is 1.11. The van der Waals surface area contributed by atoms with Crippen molar-refractivity contribution in [2.24, 2.45) is 107 Å². The molecule has 10 saturated carbocycles. The molecule has 0 aliphatic heterocycles. The van der Waals surface area contributed by atoms with Gasteiger partial charge in [0.05, 0.1) is 0 Å². The second kappa shape index (κ2) is 15.3. The van der Waals surface area contributed by atoms with Crippen LogP contribution in [0.2, 0.25) is 0 Å². The van der Waals surface area contributed by atoms with E-state index in [9.17, 15) is 0 Å². The number of hydrogen-bond donors (Lipinski definition) is 0. The minimum atomic E-state index is 1.11. The molecule has 0 saturated heterocycles. The summed E-state index contributed by atoms with van der Waals surface area (Å²) in [6, 6.07) is 0. The Bertz CT molecular complexity index is 1080. The lowest BCUT2D eigenvalue weighted by Crippen LogP contribution is -2.64. The van der Waals surface area contributed by atoms with E-state index < -0.39 is 0 Å².